The molecule has 3 nitrogen and oxygen atoms in total. The van der Waals surface area contributed by atoms with Gasteiger partial charge in [-0.05, 0) is 41.7 Å². The van der Waals surface area contributed by atoms with Gasteiger partial charge in [0.05, 0.1) is 12.5 Å². The maximum atomic E-state index is 11.3. The van der Waals surface area contributed by atoms with Gasteiger partial charge in [0, 0.05) is 0 Å². The highest BCUT2D eigenvalue weighted by molar-refractivity contribution is 5.85. The first-order chi connectivity index (χ1) is 9.65. The lowest BCUT2D eigenvalue weighted by Crippen LogP contribution is -2.19. The van der Waals surface area contributed by atoms with Crippen molar-refractivity contribution in [1.29, 1.82) is 0 Å². The third kappa shape index (κ3) is 2.05. The van der Waals surface area contributed by atoms with E-state index in [9.17, 15) is 9.90 Å². The van der Waals surface area contributed by atoms with Gasteiger partial charge in [-0.25, -0.2) is 0 Å². The first kappa shape index (κ1) is 12.7. The van der Waals surface area contributed by atoms with E-state index in [4.69, 9.17) is 4.74 Å². The highest BCUT2D eigenvalue weighted by Gasteiger charge is 2.51. The molecule has 0 saturated heterocycles. The zero-order valence-corrected chi connectivity index (χ0v) is 11.3. The molecule has 0 aromatic heterocycles. The molecule has 0 aliphatic heterocycles. The topological polar surface area (TPSA) is 46.5 Å². The summed E-state index contributed by atoms with van der Waals surface area (Å²) >= 11 is 0. The number of aliphatic carboxylic acids is 1. The van der Waals surface area contributed by atoms with Crippen molar-refractivity contribution >= 4 is 5.97 Å². The molecule has 3 heteroatoms. The van der Waals surface area contributed by atoms with Crippen LogP contribution in [0.2, 0.25) is 0 Å². The third-order valence-electron chi connectivity index (χ3n) is 4.00. The minimum atomic E-state index is -0.716. The van der Waals surface area contributed by atoms with E-state index >= 15 is 0 Å². The molecule has 1 aliphatic rings. The number of carboxylic acids is 1. The maximum Gasteiger partial charge on any atom is 0.314 e. The molecule has 2 aromatic rings. The summed E-state index contributed by atoms with van der Waals surface area (Å²) in [6.07, 6.45) is 1.47. The summed E-state index contributed by atoms with van der Waals surface area (Å²) in [5, 5.41) is 9.30. The predicted octanol–water partition coefficient (Wildman–Crippen LogP) is 3.48. The molecule has 0 unspecified atom stereocenters. The fourth-order valence-electron chi connectivity index (χ4n) is 2.54. The van der Waals surface area contributed by atoms with Crippen LogP contribution in [0.4, 0.5) is 0 Å². The molecule has 1 N–H and O–H groups in total. The monoisotopic (exact) mass is 268 g/mol. The van der Waals surface area contributed by atoms with Crippen molar-refractivity contribution in [3.8, 4) is 16.9 Å². The van der Waals surface area contributed by atoms with Gasteiger partial charge in [-0.3, -0.25) is 4.79 Å². The van der Waals surface area contributed by atoms with Crippen LogP contribution in [0.25, 0.3) is 11.1 Å². The SMILES string of the molecule is COc1cccc(-c2ccc(C3(C(=O)O)CC3)cc2)c1. The number of carboxylic acid groups (broad SMARTS) is 1. The Morgan fingerprint density at radius 2 is 1.80 bits per heavy atom. The van der Waals surface area contributed by atoms with Gasteiger partial charge in [0.15, 0.2) is 0 Å². The van der Waals surface area contributed by atoms with Gasteiger partial charge < -0.3 is 9.84 Å². The van der Waals surface area contributed by atoms with Crippen molar-refractivity contribution in [1.82, 2.24) is 0 Å². The van der Waals surface area contributed by atoms with Crippen molar-refractivity contribution in [2.75, 3.05) is 7.11 Å². The van der Waals surface area contributed by atoms with Crippen molar-refractivity contribution in [2.45, 2.75) is 18.3 Å². The van der Waals surface area contributed by atoms with Gasteiger partial charge in [-0.15, -0.1) is 0 Å². The highest BCUT2D eigenvalue weighted by Crippen LogP contribution is 2.48. The molecule has 0 bridgehead atoms. The number of benzene rings is 2. The Bertz CT molecular complexity index is 640. The molecule has 1 aliphatic carbocycles. The molecule has 20 heavy (non-hydrogen) atoms. The van der Waals surface area contributed by atoms with E-state index in [1.807, 2.05) is 48.5 Å². The minimum Gasteiger partial charge on any atom is -0.497 e. The van der Waals surface area contributed by atoms with Crippen molar-refractivity contribution in [3.05, 3.63) is 54.1 Å². The van der Waals surface area contributed by atoms with Crippen LogP contribution >= 0.6 is 0 Å². The standard InChI is InChI=1S/C17H16O3/c1-20-15-4-2-3-13(11-15)12-5-7-14(8-6-12)17(9-10-17)16(18)19/h2-8,11H,9-10H2,1H3,(H,18,19). The van der Waals surface area contributed by atoms with Crippen molar-refractivity contribution < 1.29 is 14.6 Å². The first-order valence-electron chi connectivity index (χ1n) is 6.64. The van der Waals surface area contributed by atoms with Crippen LogP contribution in [0.1, 0.15) is 18.4 Å². The fraction of sp³-hybridized carbons (Fsp3) is 0.235. The molecular weight excluding hydrogens is 252 g/mol. The Morgan fingerprint density at radius 3 is 2.35 bits per heavy atom. The lowest BCUT2D eigenvalue weighted by molar-refractivity contribution is -0.140. The number of hydrogen-bond donors (Lipinski definition) is 1. The molecule has 0 spiro atoms. The number of methoxy groups -OCH3 is 1. The molecule has 1 fully saturated rings. The normalized spacial score (nSPS) is 15.7. The average Bonchev–Trinajstić information content (AvgIpc) is 3.29. The van der Waals surface area contributed by atoms with Crippen LogP contribution in [0.15, 0.2) is 48.5 Å². The molecule has 102 valence electrons. The Hall–Kier alpha value is -2.29. The molecule has 0 heterocycles. The zero-order valence-electron chi connectivity index (χ0n) is 11.3. The van der Waals surface area contributed by atoms with E-state index in [2.05, 4.69) is 0 Å². The van der Waals surface area contributed by atoms with E-state index in [1.54, 1.807) is 7.11 Å². The predicted molar refractivity (Wildman–Crippen MR) is 77.0 cm³/mol. The molecule has 2 aromatic carbocycles. The van der Waals surface area contributed by atoms with Crippen molar-refractivity contribution in [3.63, 3.8) is 0 Å². The van der Waals surface area contributed by atoms with Gasteiger partial charge in [0.1, 0.15) is 5.75 Å². The van der Waals surface area contributed by atoms with Crippen LogP contribution in [-0.2, 0) is 10.2 Å². The van der Waals surface area contributed by atoms with Gasteiger partial charge >= 0.3 is 5.97 Å². The lowest BCUT2D eigenvalue weighted by Gasteiger charge is -2.11. The summed E-state index contributed by atoms with van der Waals surface area (Å²) in [7, 11) is 1.64. The molecular formula is C17H16O3. The second-order valence-corrected chi connectivity index (χ2v) is 5.20. The Kier molecular flexibility index (Phi) is 2.97. The van der Waals surface area contributed by atoms with Gasteiger partial charge in [0.2, 0.25) is 0 Å². The van der Waals surface area contributed by atoms with Gasteiger partial charge in [0.25, 0.3) is 0 Å². The Labute approximate surface area is 117 Å². The van der Waals surface area contributed by atoms with Gasteiger partial charge in [-0.2, -0.15) is 0 Å². The fourth-order valence-corrected chi connectivity index (χ4v) is 2.54. The number of ether oxygens (including phenoxy) is 1. The summed E-state index contributed by atoms with van der Waals surface area (Å²) in [5.74, 6) is 0.0995. The molecule has 3 rings (SSSR count). The zero-order chi connectivity index (χ0) is 14.2. The second kappa shape index (κ2) is 4.67. The summed E-state index contributed by atoms with van der Waals surface area (Å²) in [6, 6.07) is 15.6. The Morgan fingerprint density at radius 1 is 1.10 bits per heavy atom. The van der Waals surface area contributed by atoms with Crippen LogP contribution in [0.3, 0.4) is 0 Å². The van der Waals surface area contributed by atoms with Crippen LogP contribution < -0.4 is 4.74 Å². The summed E-state index contributed by atoms with van der Waals surface area (Å²) in [5.41, 5.74) is 2.40. The first-order valence-corrected chi connectivity index (χ1v) is 6.64. The van der Waals surface area contributed by atoms with E-state index in [1.165, 1.54) is 0 Å². The summed E-state index contributed by atoms with van der Waals surface area (Å²) < 4.78 is 5.22. The third-order valence-corrected chi connectivity index (χ3v) is 4.00. The van der Waals surface area contributed by atoms with E-state index < -0.39 is 11.4 Å². The number of rotatable bonds is 4. The summed E-state index contributed by atoms with van der Waals surface area (Å²) in [6.45, 7) is 0. The van der Waals surface area contributed by atoms with E-state index in [0.717, 1.165) is 35.3 Å². The largest absolute Gasteiger partial charge is 0.497 e. The second-order valence-electron chi connectivity index (χ2n) is 5.20. The van der Waals surface area contributed by atoms with E-state index in [-0.39, 0.29) is 0 Å². The van der Waals surface area contributed by atoms with E-state index in [0.29, 0.717) is 0 Å². The summed E-state index contributed by atoms with van der Waals surface area (Å²) in [4.78, 5) is 11.3. The molecule has 0 radical (unpaired) electrons. The maximum absolute atomic E-state index is 11.3. The highest BCUT2D eigenvalue weighted by atomic mass is 16.5. The Balaban J connectivity index is 1.91. The van der Waals surface area contributed by atoms with Crippen LogP contribution in [0, 0.1) is 0 Å². The molecule has 0 amide bonds. The van der Waals surface area contributed by atoms with Crippen LogP contribution in [0.5, 0.6) is 5.75 Å². The smallest absolute Gasteiger partial charge is 0.314 e. The number of carbonyl (C=O) groups is 1. The molecule has 1 saturated carbocycles. The van der Waals surface area contributed by atoms with Gasteiger partial charge in [-0.1, -0.05) is 36.4 Å². The molecule has 0 atom stereocenters. The van der Waals surface area contributed by atoms with Crippen LogP contribution in [-0.4, -0.2) is 18.2 Å². The minimum absolute atomic E-state index is 0.632. The quantitative estimate of drug-likeness (QED) is 0.923. The average molecular weight is 268 g/mol. The lowest BCUT2D eigenvalue weighted by atomic mass is 9.94. The number of hydrogen-bond acceptors (Lipinski definition) is 2. The van der Waals surface area contributed by atoms with Crippen molar-refractivity contribution in [2.24, 2.45) is 0 Å².